The first-order valence-corrected chi connectivity index (χ1v) is 9.36. The molecule has 0 aromatic heterocycles. The second-order valence-electron chi connectivity index (χ2n) is 6.39. The SMILES string of the molecule is CC1(C)CN(CC2CSc3ccccc32)CC(CBr)O1. The predicted octanol–water partition coefficient (Wildman–Crippen LogP) is 3.75. The lowest BCUT2D eigenvalue weighted by atomic mass is 9.98. The molecule has 0 radical (unpaired) electrons. The Labute approximate surface area is 134 Å². The molecule has 1 fully saturated rings. The zero-order valence-electron chi connectivity index (χ0n) is 12.1. The van der Waals surface area contributed by atoms with Crippen LogP contribution in [0.2, 0.25) is 0 Å². The molecule has 2 unspecified atom stereocenters. The van der Waals surface area contributed by atoms with Crippen molar-refractivity contribution in [1.82, 2.24) is 4.90 Å². The van der Waals surface area contributed by atoms with Gasteiger partial charge in [-0.25, -0.2) is 0 Å². The number of thioether (sulfide) groups is 1. The summed E-state index contributed by atoms with van der Waals surface area (Å²) in [6, 6.07) is 8.87. The van der Waals surface area contributed by atoms with E-state index >= 15 is 0 Å². The fraction of sp³-hybridized carbons (Fsp3) is 0.625. The van der Waals surface area contributed by atoms with E-state index < -0.39 is 0 Å². The van der Waals surface area contributed by atoms with Gasteiger partial charge in [-0.1, -0.05) is 34.1 Å². The van der Waals surface area contributed by atoms with Crippen LogP contribution >= 0.6 is 27.7 Å². The van der Waals surface area contributed by atoms with Crippen LogP contribution in [0.5, 0.6) is 0 Å². The van der Waals surface area contributed by atoms with Crippen molar-refractivity contribution in [2.24, 2.45) is 0 Å². The maximum atomic E-state index is 6.09. The van der Waals surface area contributed by atoms with Gasteiger partial charge < -0.3 is 4.74 Å². The molecule has 0 saturated carbocycles. The van der Waals surface area contributed by atoms with E-state index in [2.05, 4.69) is 58.9 Å². The lowest BCUT2D eigenvalue weighted by Crippen LogP contribution is -2.54. The topological polar surface area (TPSA) is 12.5 Å². The summed E-state index contributed by atoms with van der Waals surface area (Å²) in [5.41, 5.74) is 1.50. The van der Waals surface area contributed by atoms with Crippen molar-refractivity contribution in [2.45, 2.75) is 36.4 Å². The molecule has 1 aromatic carbocycles. The zero-order chi connectivity index (χ0) is 14.2. The summed E-state index contributed by atoms with van der Waals surface area (Å²) in [6.07, 6.45) is 0.308. The first-order valence-electron chi connectivity index (χ1n) is 7.25. The van der Waals surface area contributed by atoms with Crippen LogP contribution < -0.4 is 0 Å². The van der Waals surface area contributed by atoms with E-state index in [-0.39, 0.29) is 5.60 Å². The lowest BCUT2D eigenvalue weighted by Gasteiger charge is -2.43. The number of hydrogen-bond donors (Lipinski definition) is 0. The van der Waals surface area contributed by atoms with Gasteiger partial charge in [0.25, 0.3) is 0 Å². The molecule has 0 amide bonds. The molecule has 1 aromatic rings. The van der Waals surface area contributed by atoms with Crippen LogP contribution in [0.3, 0.4) is 0 Å². The molecule has 110 valence electrons. The fourth-order valence-corrected chi connectivity index (χ4v) is 4.91. The highest BCUT2D eigenvalue weighted by Crippen LogP contribution is 2.40. The standard InChI is InChI=1S/C16H22BrNOS/c1-16(2)11-18(9-13(7-17)19-16)8-12-10-20-15-6-4-3-5-14(12)15/h3-6,12-13H,7-11H2,1-2H3. The molecule has 1 saturated heterocycles. The molecule has 3 rings (SSSR count). The molecular weight excluding hydrogens is 334 g/mol. The summed E-state index contributed by atoms with van der Waals surface area (Å²) in [4.78, 5) is 4.06. The zero-order valence-corrected chi connectivity index (χ0v) is 14.5. The Morgan fingerprint density at radius 3 is 3.00 bits per heavy atom. The highest BCUT2D eigenvalue weighted by Gasteiger charge is 2.35. The van der Waals surface area contributed by atoms with Crippen molar-refractivity contribution in [3.8, 4) is 0 Å². The third-order valence-corrected chi connectivity index (χ3v) is 5.98. The van der Waals surface area contributed by atoms with E-state index in [9.17, 15) is 0 Å². The van der Waals surface area contributed by atoms with E-state index in [0.717, 1.165) is 25.0 Å². The van der Waals surface area contributed by atoms with Crippen LogP contribution in [0.1, 0.15) is 25.3 Å². The molecular formula is C16H22BrNOS. The average molecular weight is 356 g/mol. The van der Waals surface area contributed by atoms with Crippen molar-refractivity contribution in [3.05, 3.63) is 29.8 Å². The van der Waals surface area contributed by atoms with Crippen LogP contribution in [0.25, 0.3) is 0 Å². The average Bonchev–Trinajstić information content (AvgIpc) is 2.80. The van der Waals surface area contributed by atoms with Gasteiger partial charge in [0.15, 0.2) is 0 Å². The Balaban J connectivity index is 1.69. The maximum absolute atomic E-state index is 6.09. The van der Waals surface area contributed by atoms with E-state index in [1.807, 2.05) is 11.8 Å². The first-order chi connectivity index (χ1) is 9.57. The third kappa shape index (κ3) is 3.24. The summed E-state index contributed by atoms with van der Waals surface area (Å²) < 4.78 is 6.09. The molecule has 2 atom stereocenters. The van der Waals surface area contributed by atoms with Crippen molar-refractivity contribution in [2.75, 3.05) is 30.7 Å². The summed E-state index contributed by atoms with van der Waals surface area (Å²) in [5.74, 6) is 1.89. The largest absolute Gasteiger partial charge is 0.369 e. The normalized spacial score (nSPS) is 29.4. The molecule has 0 N–H and O–H groups in total. The van der Waals surface area contributed by atoms with Crippen LogP contribution in [-0.4, -0.2) is 47.3 Å². The number of hydrogen-bond acceptors (Lipinski definition) is 3. The first kappa shape index (κ1) is 14.9. The van der Waals surface area contributed by atoms with E-state index in [1.54, 1.807) is 0 Å². The molecule has 4 heteroatoms. The summed E-state index contributed by atoms with van der Waals surface area (Å²) in [7, 11) is 0. The van der Waals surface area contributed by atoms with E-state index in [0.29, 0.717) is 12.0 Å². The summed E-state index contributed by atoms with van der Waals surface area (Å²) >= 11 is 5.58. The Bertz CT molecular complexity index is 479. The van der Waals surface area contributed by atoms with Gasteiger partial charge in [-0.3, -0.25) is 4.90 Å². The molecule has 2 nitrogen and oxygen atoms in total. The summed E-state index contributed by atoms with van der Waals surface area (Å²) in [6.45, 7) is 7.62. The van der Waals surface area contributed by atoms with E-state index in [4.69, 9.17) is 4.74 Å². The molecule has 0 bridgehead atoms. The monoisotopic (exact) mass is 355 g/mol. The van der Waals surface area contributed by atoms with Crippen LogP contribution in [-0.2, 0) is 4.74 Å². The number of rotatable bonds is 3. The molecule has 2 aliphatic rings. The molecule has 0 aliphatic carbocycles. The van der Waals surface area contributed by atoms with Gasteiger partial charge in [-0.15, -0.1) is 11.8 Å². The second-order valence-corrected chi connectivity index (χ2v) is 8.10. The second kappa shape index (κ2) is 5.99. The van der Waals surface area contributed by atoms with Crippen molar-refractivity contribution >= 4 is 27.7 Å². The molecule has 20 heavy (non-hydrogen) atoms. The van der Waals surface area contributed by atoms with Crippen molar-refractivity contribution in [3.63, 3.8) is 0 Å². The Morgan fingerprint density at radius 1 is 1.40 bits per heavy atom. The smallest absolute Gasteiger partial charge is 0.0806 e. The van der Waals surface area contributed by atoms with Crippen LogP contribution in [0.4, 0.5) is 0 Å². The molecule has 2 heterocycles. The maximum Gasteiger partial charge on any atom is 0.0806 e. The van der Waals surface area contributed by atoms with Gasteiger partial charge in [0.1, 0.15) is 0 Å². The minimum absolute atomic E-state index is 0.0397. The Kier molecular flexibility index (Phi) is 4.46. The van der Waals surface area contributed by atoms with E-state index in [1.165, 1.54) is 16.2 Å². The van der Waals surface area contributed by atoms with Crippen LogP contribution in [0.15, 0.2) is 29.2 Å². The number of morpholine rings is 1. The van der Waals surface area contributed by atoms with Gasteiger partial charge in [0, 0.05) is 41.5 Å². The summed E-state index contributed by atoms with van der Waals surface area (Å²) in [5, 5.41) is 0.920. The number of fused-ring (bicyclic) bond motifs is 1. The highest BCUT2D eigenvalue weighted by molar-refractivity contribution is 9.09. The quantitative estimate of drug-likeness (QED) is 0.766. The third-order valence-electron chi connectivity index (χ3n) is 4.00. The predicted molar refractivity (Wildman–Crippen MR) is 89.1 cm³/mol. The number of ether oxygens (including phenoxy) is 1. The van der Waals surface area contributed by atoms with Gasteiger partial charge in [0.2, 0.25) is 0 Å². The minimum atomic E-state index is -0.0397. The van der Waals surface area contributed by atoms with Gasteiger partial charge in [-0.2, -0.15) is 0 Å². The lowest BCUT2D eigenvalue weighted by molar-refractivity contribution is -0.127. The molecule has 0 spiro atoms. The number of halogens is 1. The van der Waals surface area contributed by atoms with Crippen LogP contribution in [0, 0.1) is 0 Å². The van der Waals surface area contributed by atoms with Crippen molar-refractivity contribution in [1.29, 1.82) is 0 Å². The van der Waals surface area contributed by atoms with Crippen molar-refractivity contribution < 1.29 is 4.74 Å². The number of nitrogens with zero attached hydrogens (tertiary/aromatic N) is 1. The molecule has 2 aliphatic heterocycles. The van der Waals surface area contributed by atoms with Gasteiger partial charge in [-0.05, 0) is 25.5 Å². The fourth-order valence-electron chi connectivity index (χ4n) is 3.33. The number of benzene rings is 1. The Hall–Kier alpha value is -0.0300. The minimum Gasteiger partial charge on any atom is -0.369 e. The number of alkyl halides is 1. The Morgan fingerprint density at radius 2 is 2.20 bits per heavy atom. The highest BCUT2D eigenvalue weighted by atomic mass is 79.9. The van der Waals surface area contributed by atoms with Gasteiger partial charge in [0.05, 0.1) is 11.7 Å². The van der Waals surface area contributed by atoms with Gasteiger partial charge >= 0.3 is 0 Å².